The number of morpholine rings is 1. The van der Waals surface area contributed by atoms with Crippen molar-refractivity contribution in [3.63, 3.8) is 0 Å². The standard InChI is InChI=1S/C23H29N3O3/c1-27-22-7-6-17(14-23(22)28-2)21(26-10-12-29-13-11-26)16-24-15-18-4-3-5-20-19(18)8-9-25-20/h3-9,14,21,24-25H,10-13,15-16H2,1-2H3. The molecule has 3 aromatic rings. The van der Waals surface area contributed by atoms with E-state index in [-0.39, 0.29) is 6.04 Å². The second-order valence-electron chi connectivity index (χ2n) is 7.27. The van der Waals surface area contributed by atoms with Gasteiger partial charge in [-0.05, 0) is 35.4 Å². The lowest BCUT2D eigenvalue weighted by atomic mass is 10.0. The van der Waals surface area contributed by atoms with Crippen LogP contribution in [0, 0.1) is 0 Å². The molecule has 1 aliphatic rings. The highest BCUT2D eigenvalue weighted by Crippen LogP contribution is 2.32. The van der Waals surface area contributed by atoms with Crippen molar-refractivity contribution in [3.8, 4) is 11.5 Å². The fourth-order valence-electron chi connectivity index (χ4n) is 4.06. The molecule has 1 aliphatic heterocycles. The molecule has 0 spiro atoms. The summed E-state index contributed by atoms with van der Waals surface area (Å²) in [5, 5.41) is 4.95. The van der Waals surface area contributed by atoms with Crippen LogP contribution in [0.15, 0.2) is 48.7 Å². The van der Waals surface area contributed by atoms with Crippen molar-refractivity contribution < 1.29 is 14.2 Å². The van der Waals surface area contributed by atoms with Gasteiger partial charge >= 0.3 is 0 Å². The molecule has 0 saturated carbocycles. The third-order valence-corrected chi connectivity index (χ3v) is 5.62. The van der Waals surface area contributed by atoms with Gasteiger partial charge < -0.3 is 24.5 Å². The van der Waals surface area contributed by atoms with Crippen LogP contribution in [0.5, 0.6) is 11.5 Å². The third kappa shape index (κ3) is 4.40. The van der Waals surface area contributed by atoms with Gasteiger partial charge in [-0.2, -0.15) is 0 Å². The Morgan fingerprint density at radius 1 is 1.07 bits per heavy atom. The second-order valence-corrected chi connectivity index (χ2v) is 7.27. The smallest absolute Gasteiger partial charge is 0.161 e. The zero-order valence-corrected chi connectivity index (χ0v) is 17.1. The van der Waals surface area contributed by atoms with E-state index in [4.69, 9.17) is 14.2 Å². The van der Waals surface area contributed by atoms with Crippen LogP contribution < -0.4 is 14.8 Å². The maximum atomic E-state index is 5.57. The lowest BCUT2D eigenvalue weighted by Crippen LogP contribution is -2.42. The topological polar surface area (TPSA) is 58.8 Å². The number of hydrogen-bond acceptors (Lipinski definition) is 5. The van der Waals surface area contributed by atoms with Gasteiger partial charge in [0.1, 0.15) is 0 Å². The molecule has 2 heterocycles. The number of nitrogens with one attached hydrogen (secondary N) is 2. The Labute approximate surface area is 171 Å². The predicted octanol–water partition coefficient (Wildman–Crippen LogP) is 3.35. The summed E-state index contributed by atoms with van der Waals surface area (Å²) >= 11 is 0. The Balaban J connectivity index is 1.52. The normalized spacial score (nSPS) is 16.1. The lowest BCUT2D eigenvalue weighted by Gasteiger charge is -2.35. The number of fused-ring (bicyclic) bond motifs is 1. The molecule has 1 aromatic heterocycles. The number of aromatic amines is 1. The van der Waals surface area contributed by atoms with Crippen LogP contribution >= 0.6 is 0 Å². The van der Waals surface area contributed by atoms with Crippen molar-refractivity contribution in [2.24, 2.45) is 0 Å². The molecule has 2 N–H and O–H groups in total. The summed E-state index contributed by atoms with van der Waals surface area (Å²) in [6.45, 7) is 5.06. The summed E-state index contributed by atoms with van der Waals surface area (Å²) in [6, 6.07) is 15.0. The van der Waals surface area contributed by atoms with Crippen molar-refractivity contribution in [2.45, 2.75) is 12.6 Å². The summed E-state index contributed by atoms with van der Waals surface area (Å²) in [7, 11) is 3.35. The Morgan fingerprint density at radius 3 is 2.69 bits per heavy atom. The van der Waals surface area contributed by atoms with Crippen LogP contribution in [-0.4, -0.2) is 57.0 Å². The van der Waals surface area contributed by atoms with Crippen molar-refractivity contribution in [2.75, 3.05) is 47.1 Å². The molecular weight excluding hydrogens is 366 g/mol. The molecule has 1 saturated heterocycles. The Morgan fingerprint density at radius 2 is 1.90 bits per heavy atom. The van der Waals surface area contributed by atoms with Crippen LogP contribution in [0.3, 0.4) is 0 Å². The Bertz CT molecular complexity index is 934. The molecule has 0 aliphatic carbocycles. The molecule has 6 heteroatoms. The molecule has 1 atom stereocenters. The van der Waals surface area contributed by atoms with E-state index < -0.39 is 0 Å². The van der Waals surface area contributed by atoms with E-state index in [1.807, 2.05) is 12.3 Å². The number of aromatic nitrogens is 1. The molecule has 6 nitrogen and oxygen atoms in total. The van der Waals surface area contributed by atoms with E-state index in [1.165, 1.54) is 22.0 Å². The van der Waals surface area contributed by atoms with Crippen LogP contribution in [-0.2, 0) is 11.3 Å². The fraction of sp³-hybridized carbons (Fsp3) is 0.391. The number of rotatable bonds is 8. The van der Waals surface area contributed by atoms with Crippen molar-refractivity contribution >= 4 is 10.9 Å². The zero-order valence-electron chi connectivity index (χ0n) is 17.1. The van der Waals surface area contributed by atoms with E-state index in [1.54, 1.807) is 14.2 Å². The molecule has 1 unspecified atom stereocenters. The van der Waals surface area contributed by atoms with Gasteiger partial charge in [-0.3, -0.25) is 4.90 Å². The van der Waals surface area contributed by atoms with Crippen LogP contribution in [0.1, 0.15) is 17.2 Å². The van der Waals surface area contributed by atoms with Gasteiger partial charge in [0.2, 0.25) is 0 Å². The maximum Gasteiger partial charge on any atom is 0.161 e. The van der Waals surface area contributed by atoms with E-state index in [2.05, 4.69) is 51.6 Å². The number of H-pyrrole nitrogens is 1. The first kappa shape index (κ1) is 19.8. The van der Waals surface area contributed by atoms with Crippen molar-refractivity contribution in [1.29, 1.82) is 0 Å². The minimum Gasteiger partial charge on any atom is -0.493 e. The minimum atomic E-state index is 0.240. The Hall–Kier alpha value is -2.54. The first-order chi connectivity index (χ1) is 14.3. The summed E-state index contributed by atoms with van der Waals surface area (Å²) in [5.41, 5.74) is 3.70. The van der Waals surface area contributed by atoms with Crippen molar-refractivity contribution in [3.05, 3.63) is 59.8 Å². The number of hydrogen-bond donors (Lipinski definition) is 2. The molecule has 29 heavy (non-hydrogen) atoms. The van der Waals surface area contributed by atoms with Gasteiger partial charge in [-0.15, -0.1) is 0 Å². The van der Waals surface area contributed by atoms with Gasteiger partial charge in [-0.25, -0.2) is 0 Å². The van der Waals surface area contributed by atoms with E-state index in [9.17, 15) is 0 Å². The predicted molar refractivity (Wildman–Crippen MR) is 115 cm³/mol. The van der Waals surface area contributed by atoms with Crippen LogP contribution in [0.25, 0.3) is 10.9 Å². The SMILES string of the molecule is COc1ccc(C(CNCc2cccc3[nH]ccc23)N2CCOCC2)cc1OC. The zero-order chi connectivity index (χ0) is 20.1. The average Bonchev–Trinajstić information content (AvgIpc) is 3.26. The highest BCUT2D eigenvalue weighted by Gasteiger charge is 2.23. The summed E-state index contributed by atoms with van der Waals surface area (Å²) < 4.78 is 16.5. The van der Waals surface area contributed by atoms with E-state index in [0.717, 1.165) is 50.9 Å². The summed E-state index contributed by atoms with van der Waals surface area (Å²) in [4.78, 5) is 5.77. The number of benzene rings is 2. The number of nitrogens with zero attached hydrogens (tertiary/aromatic N) is 1. The molecular formula is C23H29N3O3. The van der Waals surface area contributed by atoms with Gasteiger partial charge in [0.05, 0.1) is 27.4 Å². The third-order valence-electron chi connectivity index (χ3n) is 5.62. The minimum absolute atomic E-state index is 0.240. The van der Waals surface area contributed by atoms with Gasteiger partial charge in [0, 0.05) is 49.3 Å². The second kappa shape index (κ2) is 9.31. The van der Waals surface area contributed by atoms with Gasteiger partial charge in [0.15, 0.2) is 11.5 Å². The average molecular weight is 396 g/mol. The molecule has 0 bridgehead atoms. The van der Waals surface area contributed by atoms with E-state index in [0.29, 0.717) is 0 Å². The highest BCUT2D eigenvalue weighted by atomic mass is 16.5. The first-order valence-corrected chi connectivity index (χ1v) is 10.1. The van der Waals surface area contributed by atoms with Crippen LogP contribution in [0.2, 0.25) is 0 Å². The van der Waals surface area contributed by atoms with E-state index >= 15 is 0 Å². The maximum absolute atomic E-state index is 5.57. The fourth-order valence-corrected chi connectivity index (χ4v) is 4.06. The van der Waals surface area contributed by atoms with Crippen LogP contribution in [0.4, 0.5) is 0 Å². The van der Waals surface area contributed by atoms with Gasteiger partial charge in [-0.1, -0.05) is 18.2 Å². The largest absolute Gasteiger partial charge is 0.493 e. The molecule has 0 radical (unpaired) electrons. The quantitative estimate of drug-likeness (QED) is 0.613. The molecule has 0 amide bonds. The molecule has 1 fully saturated rings. The molecule has 2 aromatic carbocycles. The Kier molecular flexibility index (Phi) is 6.34. The summed E-state index contributed by atoms with van der Waals surface area (Å²) in [6.07, 6.45) is 1.99. The monoisotopic (exact) mass is 395 g/mol. The first-order valence-electron chi connectivity index (χ1n) is 10.1. The number of methoxy groups -OCH3 is 2. The van der Waals surface area contributed by atoms with Gasteiger partial charge in [0.25, 0.3) is 0 Å². The molecule has 4 rings (SSSR count). The summed E-state index contributed by atoms with van der Waals surface area (Å²) in [5.74, 6) is 1.52. The highest BCUT2D eigenvalue weighted by molar-refractivity contribution is 5.82. The molecule has 154 valence electrons. The van der Waals surface area contributed by atoms with Crippen molar-refractivity contribution in [1.82, 2.24) is 15.2 Å². The lowest BCUT2D eigenvalue weighted by molar-refractivity contribution is 0.0160. The number of ether oxygens (including phenoxy) is 3.